The van der Waals surface area contributed by atoms with Crippen LogP contribution in [0.5, 0.6) is 5.75 Å². The van der Waals surface area contributed by atoms with E-state index in [0.29, 0.717) is 17.3 Å². The topological polar surface area (TPSA) is 327 Å². The van der Waals surface area contributed by atoms with Gasteiger partial charge in [-0.15, -0.1) is 0 Å². The maximum atomic E-state index is 12.5. The third kappa shape index (κ3) is 12.0. The molecule has 0 fully saturated rings. The number of ether oxygens (including phenoxy) is 1. The molecule has 61 heavy (non-hydrogen) atoms. The number of aromatic nitrogens is 3. The van der Waals surface area contributed by atoms with Crippen LogP contribution in [0.25, 0.3) is 10.8 Å². The summed E-state index contributed by atoms with van der Waals surface area (Å²) in [6.07, 6.45) is -0.284. The zero-order valence-corrected chi connectivity index (χ0v) is 34.6. The van der Waals surface area contributed by atoms with Crippen molar-refractivity contribution in [1.82, 2.24) is 15.0 Å². The van der Waals surface area contributed by atoms with E-state index >= 15 is 0 Å². The molecule has 0 spiro atoms. The normalized spacial score (nSPS) is 12.7. The molecule has 1 heterocycles. The molecule has 0 radical (unpaired) electrons. The van der Waals surface area contributed by atoms with Gasteiger partial charge >= 0.3 is 0 Å². The van der Waals surface area contributed by atoms with E-state index in [4.69, 9.17) is 4.74 Å². The second-order valence-electron chi connectivity index (χ2n) is 12.8. The molecular weight excluding hydrogens is 881 g/mol. The van der Waals surface area contributed by atoms with Crippen molar-refractivity contribution in [2.75, 3.05) is 24.7 Å². The van der Waals surface area contributed by atoms with Crippen LogP contribution >= 0.6 is 0 Å². The van der Waals surface area contributed by atoms with E-state index in [-0.39, 0.29) is 76.1 Å². The molecule has 0 aliphatic rings. The molecule has 0 bridgehead atoms. The Morgan fingerprint density at radius 3 is 1.72 bits per heavy atom. The van der Waals surface area contributed by atoms with Crippen LogP contribution in [0.3, 0.4) is 0 Å². The molecule has 0 amide bonds. The SMILES string of the molecule is COc1cc(N=Nc2ccc3cc(S(=O)(=O)O)cc(S(=O)(=O)O)c3c2)ccc1Cc1nc(Cc2ccc(N=Nc3ccccc3)cc2S(=O)(=O)O)nc(NCCS(=O)(=O)O)n1. The highest BCUT2D eigenvalue weighted by Gasteiger charge is 2.22. The predicted molar refractivity (Wildman–Crippen MR) is 218 cm³/mol. The number of azo groups is 2. The van der Waals surface area contributed by atoms with Crippen molar-refractivity contribution in [3.63, 3.8) is 0 Å². The monoisotopic (exact) mass is 912 g/mol. The Hall–Kier alpha value is -6.19. The molecule has 0 unspecified atom stereocenters. The van der Waals surface area contributed by atoms with E-state index in [1.54, 1.807) is 42.5 Å². The fraction of sp³-hybridized carbons (Fsp3) is 0.139. The Bertz CT molecular complexity index is 3170. The van der Waals surface area contributed by atoms with Gasteiger partial charge in [0.1, 0.15) is 22.3 Å². The maximum Gasteiger partial charge on any atom is 0.295 e. The van der Waals surface area contributed by atoms with Gasteiger partial charge in [0.05, 0.1) is 45.4 Å². The molecule has 0 aliphatic carbocycles. The molecule has 21 nitrogen and oxygen atoms in total. The summed E-state index contributed by atoms with van der Waals surface area (Å²) in [6, 6.07) is 22.9. The van der Waals surface area contributed by atoms with E-state index in [1.807, 2.05) is 0 Å². The zero-order chi connectivity index (χ0) is 44.2. The summed E-state index contributed by atoms with van der Waals surface area (Å²) in [5, 5.41) is 19.1. The molecule has 6 rings (SSSR count). The first-order valence-electron chi connectivity index (χ1n) is 17.3. The molecule has 25 heteroatoms. The van der Waals surface area contributed by atoms with Gasteiger partial charge in [-0.2, -0.15) is 64.1 Å². The van der Waals surface area contributed by atoms with Crippen LogP contribution in [-0.2, 0) is 53.3 Å². The van der Waals surface area contributed by atoms with E-state index in [9.17, 15) is 51.9 Å². The fourth-order valence-corrected chi connectivity index (χ4v) is 8.16. The van der Waals surface area contributed by atoms with Crippen LogP contribution < -0.4 is 10.1 Å². The van der Waals surface area contributed by atoms with Gasteiger partial charge in [0.2, 0.25) is 5.95 Å². The number of hydrogen-bond donors (Lipinski definition) is 5. The Labute approximate surface area is 348 Å². The fourth-order valence-electron chi connectivity index (χ4n) is 5.71. The molecule has 0 atom stereocenters. The van der Waals surface area contributed by atoms with Crippen molar-refractivity contribution in [3.05, 3.63) is 120 Å². The second-order valence-corrected chi connectivity index (χ2v) is 18.6. The first-order valence-corrected chi connectivity index (χ1v) is 23.2. The third-order valence-electron chi connectivity index (χ3n) is 8.43. The van der Waals surface area contributed by atoms with Gasteiger partial charge in [-0.3, -0.25) is 18.2 Å². The summed E-state index contributed by atoms with van der Waals surface area (Å²) in [6.45, 7) is -0.303. The smallest absolute Gasteiger partial charge is 0.295 e. The lowest BCUT2D eigenvalue weighted by Crippen LogP contribution is -2.18. The molecule has 6 aromatic rings. The van der Waals surface area contributed by atoms with Crippen molar-refractivity contribution in [2.45, 2.75) is 27.5 Å². The van der Waals surface area contributed by atoms with E-state index in [1.165, 1.54) is 43.5 Å². The lowest BCUT2D eigenvalue weighted by atomic mass is 10.1. The van der Waals surface area contributed by atoms with Gasteiger partial charge in [0.15, 0.2) is 0 Å². The molecule has 0 aliphatic heterocycles. The lowest BCUT2D eigenvalue weighted by molar-refractivity contribution is 0.410. The molecule has 5 aromatic carbocycles. The van der Waals surface area contributed by atoms with Gasteiger partial charge in [0.25, 0.3) is 40.5 Å². The number of methoxy groups -OCH3 is 1. The highest BCUT2D eigenvalue weighted by Crippen LogP contribution is 2.33. The zero-order valence-electron chi connectivity index (χ0n) is 31.3. The average molecular weight is 913 g/mol. The van der Waals surface area contributed by atoms with Gasteiger partial charge in [-0.1, -0.05) is 36.4 Å². The van der Waals surface area contributed by atoms with Crippen LogP contribution in [-0.4, -0.2) is 86.2 Å². The summed E-state index contributed by atoms with van der Waals surface area (Å²) in [4.78, 5) is 11.1. The van der Waals surface area contributed by atoms with Gasteiger partial charge in [-0.05, 0) is 65.5 Å². The Balaban J connectivity index is 1.29. The minimum Gasteiger partial charge on any atom is -0.496 e. The Kier molecular flexibility index (Phi) is 12.9. The second kappa shape index (κ2) is 17.8. The molecule has 1 aromatic heterocycles. The minimum absolute atomic E-state index is 0.00838. The summed E-state index contributed by atoms with van der Waals surface area (Å²) in [7, 11) is -17.5. The van der Waals surface area contributed by atoms with E-state index < -0.39 is 60.9 Å². The van der Waals surface area contributed by atoms with E-state index in [0.717, 1.165) is 12.1 Å². The summed E-state index contributed by atoms with van der Waals surface area (Å²) < 4.78 is 139. The summed E-state index contributed by atoms with van der Waals surface area (Å²) >= 11 is 0. The highest BCUT2D eigenvalue weighted by atomic mass is 32.2. The predicted octanol–water partition coefficient (Wildman–Crippen LogP) is 6.09. The van der Waals surface area contributed by atoms with Crippen molar-refractivity contribution in [1.29, 1.82) is 0 Å². The maximum absolute atomic E-state index is 12.5. The van der Waals surface area contributed by atoms with Crippen LogP contribution in [0.15, 0.2) is 132 Å². The summed E-state index contributed by atoms with van der Waals surface area (Å²) in [5.74, 6) is -0.407. The van der Waals surface area contributed by atoms with Crippen LogP contribution in [0, 0.1) is 0 Å². The van der Waals surface area contributed by atoms with E-state index in [2.05, 4.69) is 40.7 Å². The van der Waals surface area contributed by atoms with Crippen molar-refractivity contribution < 1.29 is 56.6 Å². The highest BCUT2D eigenvalue weighted by molar-refractivity contribution is 7.87. The van der Waals surface area contributed by atoms with Gasteiger partial charge in [0, 0.05) is 36.4 Å². The number of nitrogens with zero attached hydrogens (tertiary/aromatic N) is 7. The Morgan fingerprint density at radius 2 is 1.13 bits per heavy atom. The van der Waals surface area contributed by atoms with Crippen LogP contribution in [0.4, 0.5) is 28.7 Å². The van der Waals surface area contributed by atoms with Crippen molar-refractivity contribution >= 4 is 79.9 Å². The number of fused-ring (bicyclic) bond motifs is 1. The average Bonchev–Trinajstić information content (AvgIpc) is 3.18. The molecule has 0 saturated heterocycles. The molecule has 318 valence electrons. The van der Waals surface area contributed by atoms with Crippen molar-refractivity contribution in [3.8, 4) is 5.75 Å². The number of anilines is 1. The van der Waals surface area contributed by atoms with Crippen molar-refractivity contribution in [2.24, 2.45) is 20.5 Å². The first-order chi connectivity index (χ1) is 28.6. The quantitative estimate of drug-likeness (QED) is 0.0542. The number of rotatable bonds is 16. The summed E-state index contributed by atoms with van der Waals surface area (Å²) in [5.41, 5.74) is 1.58. The number of benzene rings is 5. The third-order valence-corrected chi connectivity index (χ3v) is 11.8. The van der Waals surface area contributed by atoms with Gasteiger partial charge in [-0.25, -0.2) is 4.98 Å². The molecule has 0 saturated carbocycles. The molecular formula is C36H32N8O13S4. The molecule has 5 N–H and O–H groups in total. The first kappa shape index (κ1) is 44.4. The van der Waals surface area contributed by atoms with Crippen LogP contribution in [0.1, 0.15) is 22.8 Å². The standard InChI is InChI=1S/C36H32N8O13S4/c1-57-31-19-27(43-42-26-10-7-22-15-29(59(48,49)50)21-33(30(22)18-26)61(54,55)56)11-8-23(31)16-34-38-35(40-36(39-34)37-13-14-58(45,46)47)17-24-9-12-28(20-32(24)60(51,52)53)44-41-25-5-3-2-4-6-25/h2-12,15,18-21H,13-14,16-17H2,1H3,(H,45,46,47)(H,48,49,50)(H,51,52,53)(H,54,55,56)(H,37,38,39,40). The minimum atomic E-state index is -4.95. The van der Waals surface area contributed by atoms with Gasteiger partial charge < -0.3 is 10.1 Å². The largest absolute Gasteiger partial charge is 0.496 e. The number of nitrogens with one attached hydrogen (secondary N) is 1. The lowest BCUT2D eigenvalue weighted by Gasteiger charge is -2.12. The number of hydrogen-bond acceptors (Lipinski definition) is 17. The Morgan fingerprint density at radius 1 is 0.574 bits per heavy atom. The van der Waals surface area contributed by atoms with Crippen LogP contribution in [0.2, 0.25) is 0 Å².